The predicted octanol–water partition coefficient (Wildman–Crippen LogP) is 3.69. The van der Waals surface area contributed by atoms with Crippen LogP contribution in [-0.4, -0.2) is 49.3 Å². The second-order valence-corrected chi connectivity index (χ2v) is 7.10. The van der Waals surface area contributed by atoms with Gasteiger partial charge in [-0.1, -0.05) is 29.8 Å². The van der Waals surface area contributed by atoms with Crippen molar-refractivity contribution in [3.63, 3.8) is 0 Å². The zero-order valence-electron chi connectivity index (χ0n) is 15.5. The van der Waals surface area contributed by atoms with Crippen LogP contribution in [0.15, 0.2) is 48.5 Å². The highest BCUT2D eigenvalue weighted by Gasteiger charge is 2.21. The van der Waals surface area contributed by atoms with Crippen molar-refractivity contribution in [2.24, 2.45) is 0 Å². The topological polar surface area (TPSA) is 52.7 Å². The molecule has 1 amide bonds. The van der Waals surface area contributed by atoms with Gasteiger partial charge in [0.2, 0.25) is 5.91 Å². The lowest BCUT2D eigenvalue weighted by atomic mass is 10.1. The number of hydrogen-bond donors (Lipinski definition) is 1. The van der Waals surface area contributed by atoms with Gasteiger partial charge in [-0.2, -0.15) is 0 Å². The molecule has 0 saturated carbocycles. The molecule has 0 aliphatic carbocycles. The highest BCUT2D eigenvalue weighted by Crippen LogP contribution is 2.21. The number of nitrogens with one attached hydrogen (secondary N) is 1. The van der Waals surface area contributed by atoms with Gasteiger partial charge in [0, 0.05) is 61.1 Å². The van der Waals surface area contributed by atoms with Crippen LogP contribution in [0, 0.1) is 0 Å². The van der Waals surface area contributed by atoms with E-state index in [2.05, 4.69) is 10.2 Å². The van der Waals surface area contributed by atoms with Gasteiger partial charge in [-0.15, -0.1) is 0 Å². The number of nitrogens with zero attached hydrogens (tertiary/aromatic N) is 2. The van der Waals surface area contributed by atoms with Crippen molar-refractivity contribution in [1.82, 2.24) is 4.90 Å². The van der Waals surface area contributed by atoms with Gasteiger partial charge in [-0.3, -0.25) is 9.59 Å². The molecule has 1 N–H and O–H groups in total. The van der Waals surface area contributed by atoms with Crippen LogP contribution in [-0.2, 0) is 4.79 Å². The Morgan fingerprint density at radius 2 is 1.78 bits per heavy atom. The van der Waals surface area contributed by atoms with Crippen LogP contribution in [0.1, 0.15) is 23.7 Å². The third-order valence-corrected chi connectivity index (χ3v) is 4.98. The summed E-state index contributed by atoms with van der Waals surface area (Å²) < 4.78 is 0. The second kappa shape index (κ2) is 8.91. The maximum Gasteiger partial charge on any atom is 0.224 e. The van der Waals surface area contributed by atoms with Crippen molar-refractivity contribution in [2.45, 2.75) is 13.3 Å². The van der Waals surface area contributed by atoms with Crippen molar-refractivity contribution < 1.29 is 9.59 Å². The zero-order chi connectivity index (χ0) is 19.2. The monoisotopic (exact) mass is 385 g/mol. The van der Waals surface area contributed by atoms with E-state index in [0.717, 1.165) is 29.5 Å². The number of benzene rings is 2. The van der Waals surface area contributed by atoms with Crippen molar-refractivity contribution in [3.8, 4) is 0 Å². The molecule has 0 radical (unpaired) electrons. The Kier molecular flexibility index (Phi) is 6.35. The number of anilines is 2. The number of amides is 1. The van der Waals surface area contributed by atoms with E-state index in [1.165, 1.54) is 0 Å². The summed E-state index contributed by atoms with van der Waals surface area (Å²) in [6, 6.07) is 15.2. The van der Waals surface area contributed by atoms with E-state index in [4.69, 9.17) is 11.6 Å². The van der Waals surface area contributed by atoms with Crippen molar-refractivity contribution in [1.29, 1.82) is 0 Å². The van der Waals surface area contributed by atoms with Crippen LogP contribution >= 0.6 is 11.6 Å². The van der Waals surface area contributed by atoms with E-state index >= 15 is 0 Å². The van der Waals surface area contributed by atoms with Crippen LogP contribution in [0.5, 0.6) is 0 Å². The second-order valence-electron chi connectivity index (χ2n) is 6.66. The summed E-state index contributed by atoms with van der Waals surface area (Å²) in [5, 5.41) is 3.95. The molecule has 0 unspecified atom stereocenters. The van der Waals surface area contributed by atoms with E-state index in [-0.39, 0.29) is 11.7 Å². The first-order valence-corrected chi connectivity index (χ1v) is 9.54. The molecule has 1 aliphatic heterocycles. The Morgan fingerprint density at radius 1 is 1.04 bits per heavy atom. The summed E-state index contributed by atoms with van der Waals surface area (Å²) >= 11 is 6.06. The van der Waals surface area contributed by atoms with E-state index < -0.39 is 0 Å². The van der Waals surface area contributed by atoms with E-state index in [1.54, 1.807) is 13.0 Å². The van der Waals surface area contributed by atoms with Gasteiger partial charge < -0.3 is 15.1 Å². The van der Waals surface area contributed by atoms with Crippen molar-refractivity contribution in [2.75, 3.05) is 42.9 Å². The summed E-state index contributed by atoms with van der Waals surface area (Å²) in [5.41, 5.74) is 2.63. The Morgan fingerprint density at radius 3 is 2.48 bits per heavy atom. The molecule has 27 heavy (non-hydrogen) atoms. The summed E-state index contributed by atoms with van der Waals surface area (Å²) in [4.78, 5) is 28.0. The van der Waals surface area contributed by atoms with Crippen LogP contribution in [0.3, 0.4) is 0 Å². The fourth-order valence-corrected chi connectivity index (χ4v) is 3.39. The summed E-state index contributed by atoms with van der Waals surface area (Å²) in [6.07, 6.45) is 0.432. The number of hydrogen-bond acceptors (Lipinski definition) is 4. The van der Waals surface area contributed by atoms with Gasteiger partial charge in [0.1, 0.15) is 0 Å². The molecule has 6 heteroatoms. The third-order valence-electron chi connectivity index (χ3n) is 4.74. The largest absolute Gasteiger partial charge is 0.385 e. The van der Waals surface area contributed by atoms with Gasteiger partial charge in [0.25, 0.3) is 0 Å². The summed E-state index contributed by atoms with van der Waals surface area (Å²) in [5.74, 6) is 0.184. The van der Waals surface area contributed by atoms with Gasteiger partial charge in [-0.05, 0) is 37.3 Å². The average molecular weight is 386 g/mol. The van der Waals surface area contributed by atoms with Crippen LogP contribution < -0.4 is 10.2 Å². The molecule has 0 bridgehead atoms. The van der Waals surface area contributed by atoms with Gasteiger partial charge in [-0.25, -0.2) is 0 Å². The lowest BCUT2D eigenvalue weighted by molar-refractivity contribution is -0.131. The van der Waals surface area contributed by atoms with Crippen molar-refractivity contribution in [3.05, 3.63) is 59.1 Å². The Balaban J connectivity index is 1.44. The molecule has 2 aromatic carbocycles. The highest BCUT2D eigenvalue weighted by atomic mass is 35.5. The molecule has 0 spiro atoms. The van der Waals surface area contributed by atoms with Gasteiger partial charge in [0.15, 0.2) is 5.78 Å². The fraction of sp³-hybridized carbons (Fsp3) is 0.333. The first-order valence-electron chi connectivity index (χ1n) is 9.16. The molecule has 3 rings (SSSR count). The molecule has 0 atom stereocenters. The van der Waals surface area contributed by atoms with Crippen LogP contribution in [0.4, 0.5) is 11.4 Å². The van der Waals surface area contributed by atoms with Gasteiger partial charge in [0.05, 0.1) is 0 Å². The molecule has 1 aliphatic rings. The number of Topliss-reactive ketones (excluding diaryl/α,β-unsaturated/α-hetero) is 1. The minimum atomic E-state index is 0.0345. The van der Waals surface area contributed by atoms with Crippen molar-refractivity contribution >= 4 is 34.7 Å². The highest BCUT2D eigenvalue weighted by molar-refractivity contribution is 6.30. The molecule has 1 heterocycles. The van der Waals surface area contributed by atoms with E-state index in [1.807, 2.05) is 47.4 Å². The first-order chi connectivity index (χ1) is 13.0. The zero-order valence-corrected chi connectivity index (χ0v) is 16.2. The minimum Gasteiger partial charge on any atom is -0.385 e. The standard InChI is InChI=1S/C21H24ClN3O2/c1-16(26)17-4-2-6-19(14-17)23-9-8-21(27)25-12-10-24(11-13-25)20-7-3-5-18(22)15-20/h2-7,14-15,23H,8-13H2,1H3. The molecule has 0 aromatic heterocycles. The quantitative estimate of drug-likeness (QED) is 0.770. The van der Waals surface area contributed by atoms with E-state index in [0.29, 0.717) is 31.6 Å². The average Bonchev–Trinajstić information content (AvgIpc) is 2.68. The third kappa shape index (κ3) is 5.23. The lowest BCUT2D eigenvalue weighted by Gasteiger charge is -2.36. The van der Waals surface area contributed by atoms with Crippen LogP contribution in [0.25, 0.3) is 0 Å². The number of ketones is 1. The summed E-state index contributed by atoms with van der Waals surface area (Å²) in [6.45, 7) is 5.14. The number of rotatable bonds is 6. The lowest BCUT2D eigenvalue weighted by Crippen LogP contribution is -2.49. The molecular weight excluding hydrogens is 362 g/mol. The van der Waals surface area contributed by atoms with Gasteiger partial charge >= 0.3 is 0 Å². The summed E-state index contributed by atoms with van der Waals surface area (Å²) in [7, 11) is 0. The number of carbonyl (C=O) groups excluding carboxylic acids is 2. The molecule has 2 aromatic rings. The molecular formula is C21H24ClN3O2. The van der Waals surface area contributed by atoms with E-state index in [9.17, 15) is 9.59 Å². The molecule has 5 nitrogen and oxygen atoms in total. The number of carbonyl (C=O) groups is 2. The number of piperazine rings is 1. The Bertz CT molecular complexity index is 817. The first kappa shape index (κ1) is 19.2. The smallest absolute Gasteiger partial charge is 0.224 e. The Labute approximate surface area is 164 Å². The molecule has 142 valence electrons. The maximum absolute atomic E-state index is 12.5. The SMILES string of the molecule is CC(=O)c1cccc(NCCC(=O)N2CCN(c3cccc(Cl)c3)CC2)c1. The normalized spacial score (nSPS) is 14.1. The molecule has 1 saturated heterocycles. The molecule has 1 fully saturated rings. The Hall–Kier alpha value is -2.53. The minimum absolute atomic E-state index is 0.0345. The number of halogens is 1. The fourth-order valence-electron chi connectivity index (χ4n) is 3.21. The predicted molar refractivity (Wildman–Crippen MR) is 110 cm³/mol. The maximum atomic E-state index is 12.5. The van der Waals surface area contributed by atoms with Crippen LogP contribution in [0.2, 0.25) is 5.02 Å².